The van der Waals surface area contributed by atoms with Crippen molar-refractivity contribution >= 4 is 24.2 Å². The molecule has 1 heterocycles. The summed E-state index contributed by atoms with van der Waals surface area (Å²) in [6.07, 6.45) is 0. The van der Waals surface area contributed by atoms with Gasteiger partial charge in [-0.3, -0.25) is 9.48 Å². The van der Waals surface area contributed by atoms with E-state index in [0.29, 0.717) is 0 Å². The van der Waals surface area contributed by atoms with Gasteiger partial charge in [0, 0.05) is 11.6 Å². The summed E-state index contributed by atoms with van der Waals surface area (Å²) in [5.41, 5.74) is 0. The monoisotopic (exact) mass is 220 g/mol. The molecule has 2 nitrogen and oxygen atoms in total. The van der Waals surface area contributed by atoms with Gasteiger partial charge in [0.2, 0.25) is 0 Å². The van der Waals surface area contributed by atoms with Crippen LogP contribution in [0.15, 0.2) is 0 Å². The summed E-state index contributed by atoms with van der Waals surface area (Å²) in [6.45, 7) is 2.10. The number of rotatable bonds is 0. The van der Waals surface area contributed by atoms with Gasteiger partial charge in [0.1, 0.15) is 13.1 Å². The summed E-state index contributed by atoms with van der Waals surface area (Å²) in [7, 11) is -2.02. The Balaban J connectivity index is 0.000000252. The molecule has 0 fully saturated rings. The highest BCUT2D eigenvalue weighted by atomic mass is 35.5. The average molecular weight is 220 g/mol. The Morgan fingerprint density at radius 2 is 1.77 bits per heavy atom. The summed E-state index contributed by atoms with van der Waals surface area (Å²) in [5, 5.41) is 0.852. The first-order valence-corrected chi connectivity index (χ1v) is 3.91. The normalized spacial score (nSPS) is 17.3. The summed E-state index contributed by atoms with van der Waals surface area (Å²) in [5.74, 6) is 0. The number of likely N-dealkylation sites (N-methyl/N-ethyl adjacent to an activating group) is 2. The van der Waals surface area contributed by atoms with Gasteiger partial charge >= 0.3 is 12.5 Å². The van der Waals surface area contributed by atoms with Crippen LogP contribution in [-0.4, -0.2) is 49.2 Å². The van der Waals surface area contributed by atoms with Gasteiger partial charge in [0.15, 0.2) is 0 Å². The van der Waals surface area contributed by atoms with Gasteiger partial charge < -0.3 is 17.3 Å². The predicted octanol–water partition coefficient (Wildman–Crippen LogP) is 1.47. The lowest BCUT2D eigenvalue weighted by Crippen LogP contribution is -2.18. The predicted molar refractivity (Wildman–Crippen MR) is 44.7 cm³/mol. The number of hydrogen-bond acceptors (Lipinski definition) is 1. The zero-order chi connectivity index (χ0) is 10.6. The zero-order valence-electron chi connectivity index (χ0n) is 7.28. The molecule has 1 rings (SSSR count). The summed E-state index contributed by atoms with van der Waals surface area (Å²) >= 11 is 5.78. The smallest absolute Gasteiger partial charge is 0.418 e. The van der Waals surface area contributed by atoms with Crippen LogP contribution in [0, 0.1) is 0 Å². The number of amidine groups is 1. The first kappa shape index (κ1) is 12.5. The molecule has 0 aromatic carbocycles. The Morgan fingerprint density at radius 1 is 1.38 bits per heavy atom. The number of halogens is 5. The quantitative estimate of drug-likeness (QED) is 0.259. The van der Waals surface area contributed by atoms with Crippen LogP contribution in [0.2, 0.25) is 0 Å². The second-order valence-electron chi connectivity index (χ2n) is 2.61. The van der Waals surface area contributed by atoms with Crippen molar-refractivity contribution < 1.29 is 21.8 Å². The van der Waals surface area contributed by atoms with E-state index in [-0.39, 0.29) is 0 Å². The third kappa shape index (κ3) is 6.68. The van der Waals surface area contributed by atoms with E-state index in [9.17, 15) is 17.3 Å². The SMILES string of the molecule is CN1CC[N+](C)=C1Cl.F[B-](F)(F)F. The number of hydrogen-bond donors (Lipinski definition) is 0. The molecule has 0 saturated carbocycles. The van der Waals surface area contributed by atoms with Gasteiger partial charge in [-0.15, -0.1) is 0 Å². The van der Waals surface area contributed by atoms with Crippen molar-refractivity contribution in [1.82, 2.24) is 4.90 Å². The molecule has 0 unspecified atom stereocenters. The van der Waals surface area contributed by atoms with E-state index < -0.39 is 7.25 Å². The van der Waals surface area contributed by atoms with Crippen molar-refractivity contribution in [3.05, 3.63) is 0 Å². The van der Waals surface area contributed by atoms with Crippen LogP contribution in [0.1, 0.15) is 0 Å². The summed E-state index contributed by atoms with van der Waals surface area (Å²) in [4.78, 5) is 2.03. The van der Waals surface area contributed by atoms with Crippen LogP contribution >= 0.6 is 11.6 Å². The van der Waals surface area contributed by atoms with Gasteiger partial charge in [-0.05, 0) is 0 Å². The van der Waals surface area contributed by atoms with Gasteiger partial charge in [-0.25, -0.2) is 0 Å². The fourth-order valence-electron chi connectivity index (χ4n) is 0.776. The van der Waals surface area contributed by atoms with E-state index in [1.165, 1.54) is 0 Å². The highest BCUT2D eigenvalue weighted by Gasteiger charge is 2.21. The van der Waals surface area contributed by atoms with E-state index in [2.05, 4.69) is 0 Å². The van der Waals surface area contributed by atoms with E-state index in [1.54, 1.807) is 0 Å². The Hall–Kier alpha value is -0.455. The molecule has 0 bridgehead atoms. The molecule has 78 valence electrons. The van der Waals surface area contributed by atoms with Crippen LogP contribution in [0.25, 0.3) is 0 Å². The van der Waals surface area contributed by atoms with Crippen LogP contribution in [0.3, 0.4) is 0 Å². The molecular formula is C5H10BClF4N2. The lowest BCUT2D eigenvalue weighted by Gasteiger charge is -1.95. The Morgan fingerprint density at radius 3 is 1.85 bits per heavy atom. The van der Waals surface area contributed by atoms with Gasteiger partial charge in [-0.2, -0.15) is 0 Å². The second kappa shape index (κ2) is 4.69. The van der Waals surface area contributed by atoms with E-state index >= 15 is 0 Å². The summed E-state index contributed by atoms with van der Waals surface area (Å²) in [6, 6.07) is 0. The molecule has 13 heavy (non-hydrogen) atoms. The molecule has 0 radical (unpaired) electrons. The molecule has 0 atom stereocenters. The first-order chi connectivity index (χ1) is 5.72. The van der Waals surface area contributed by atoms with Crippen molar-refractivity contribution in [1.29, 1.82) is 0 Å². The van der Waals surface area contributed by atoms with Gasteiger partial charge in [-0.1, -0.05) is 0 Å². The van der Waals surface area contributed by atoms with Crippen LogP contribution < -0.4 is 0 Å². The van der Waals surface area contributed by atoms with Crippen LogP contribution in [0.4, 0.5) is 17.3 Å². The third-order valence-electron chi connectivity index (χ3n) is 1.40. The standard InChI is InChI=1S/C5H10ClN2.BF4/c1-7-3-4-8(2)5(7)6;2-1(3,4)5/h3-4H2,1-2H3;/q+1;-1. The molecule has 1 aliphatic rings. The maximum Gasteiger partial charge on any atom is 0.673 e. The Bertz CT molecular complexity index is 199. The Labute approximate surface area is 78.9 Å². The summed E-state index contributed by atoms with van der Waals surface area (Å²) < 4.78 is 41.0. The van der Waals surface area contributed by atoms with Gasteiger partial charge in [0.25, 0.3) is 0 Å². The van der Waals surface area contributed by atoms with E-state index in [4.69, 9.17) is 11.6 Å². The molecule has 0 aliphatic carbocycles. The molecule has 0 aromatic heterocycles. The fraction of sp³-hybridized carbons (Fsp3) is 0.800. The Kier molecular flexibility index (Phi) is 4.53. The zero-order valence-corrected chi connectivity index (χ0v) is 8.03. The molecule has 0 aromatic rings. The highest BCUT2D eigenvalue weighted by molar-refractivity contribution is 6.63. The van der Waals surface area contributed by atoms with Crippen molar-refractivity contribution in [3.8, 4) is 0 Å². The average Bonchev–Trinajstić information content (AvgIpc) is 2.16. The largest absolute Gasteiger partial charge is 0.673 e. The van der Waals surface area contributed by atoms with Gasteiger partial charge in [0.05, 0.1) is 14.1 Å². The second-order valence-corrected chi connectivity index (χ2v) is 2.95. The molecule has 1 aliphatic heterocycles. The maximum absolute atomic E-state index is 9.75. The molecule has 0 amide bonds. The third-order valence-corrected chi connectivity index (χ3v) is 1.98. The fourth-order valence-corrected chi connectivity index (χ4v) is 0.945. The van der Waals surface area contributed by atoms with Crippen molar-refractivity contribution in [2.24, 2.45) is 0 Å². The molecule has 0 spiro atoms. The van der Waals surface area contributed by atoms with Crippen molar-refractivity contribution in [3.63, 3.8) is 0 Å². The van der Waals surface area contributed by atoms with Crippen molar-refractivity contribution in [2.45, 2.75) is 0 Å². The molecule has 8 heteroatoms. The molecule has 0 saturated heterocycles. The molecule has 0 N–H and O–H groups in total. The molecular weight excluding hydrogens is 210 g/mol. The number of nitrogens with zero attached hydrogens (tertiary/aromatic N) is 2. The van der Waals surface area contributed by atoms with E-state index in [0.717, 1.165) is 18.4 Å². The minimum Gasteiger partial charge on any atom is -0.418 e. The highest BCUT2D eigenvalue weighted by Crippen LogP contribution is 2.06. The minimum atomic E-state index is -6.00. The first-order valence-electron chi connectivity index (χ1n) is 3.54. The van der Waals surface area contributed by atoms with Crippen LogP contribution in [-0.2, 0) is 0 Å². The minimum absolute atomic E-state index is 0.852. The maximum atomic E-state index is 9.75. The van der Waals surface area contributed by atoms with Crippen LogP contribution in [0.5, 0.6) is 0 Å². The van der Waals surface area contributed by atoms with E-state index in [1.807, 2.05) is 23.6 Å². The topological polar surface area (TPSA) is 6.25 Å². The lowest BCUT2D eigenvalue weighted by molar-refractivity contribution is -0.484. The van der Waals surface area contributed by atoms with Crippen molar-refractivity contribution in [2.75, 3.05) is 27.2 Å². The lowest BCUT2D eigenvalue weighted by atomic mass is 10.3.